The van der Waals surface area contributed by atoms with E-state index < -0.39 is 24.5 Å². The highest BCUT2D eigenvalue weighted by molar-refractivity contribution is 6.02. The molecule has 0 aliphatic rings. The molecule has 0 saturated carbocycles. The lowest BCUT2D eigenvalue weighted by molar-refractivity contribution is -0.123. The zero-order valence-electron chi connectivity index (χ0n) is 18.9. The predicted octanol–water partition coefficient (Wildman–Crippen LogP) is 3.99. The molecule has 33 heavy (non-hydrogen) atoms. The number of carbonyl (C=O) groups is 3. The molecule has 2 aromatic carbocycles. The van der Waals surface area contributed by atoms with Crippen LogP contribution in [0.2, 0.25) is 0 Å². The minimum atomic E-state index is -0.765. The summed E-state index contributed by atoms with van der Waals surface area (Å²) < 4.78 is 15.9. The maximum absolute atomic E-state index is 12.5. The summed E-state index contributed by atoms with van der Waals surface area (Å²) in [4.78, 5) is 36.6. The topological polar surface area (TPSA) is 120 Å². The number of benzene rings is 2. The van der Waals surface area contributed by atoms with E-state index in [0.717, 1.165) is 16.7 Å². The summed E-state index contributed by atoms with van der Waals surface area (Å²) >= 11 is 0. The number of rotatable bonds is 7. The highest BCUT2D eigenvalue weighted by atomic mass is 16.5. The number of urea groups is 1. The van der Waals surface area contributed by atoms with Gasteiger partial charge in [0.15, 0.2) is 6.61 Å². The molecule has 172 valence electrons. The molecule has 0 atom stereocenters. The highest BCUT2D eigenvalue weighted by Gasteiger charge is 2.18. The lowest BCUT2D eigenvalue weighted by atomic mass is 10.1. The van der Waals surface area contributed by atoms with Gasteiger partial charge in [0.05, 0.1) is 11.3 Å². The number of imide groups is 1. The molecule has 1 aromatic heterocycles. The van der Waals surface area contributed by atoms with Gasteiger partial charge in [-0.05, 0) is 63.1 Å². The van der Waals surface area contributed by atoms with Crippen LogP contribution in [0.5, 0.6) is 5.75 Å². The number of hydrogen-bond acceptors (Lipinski definition) is 7. The van der Waals surface area contributed by atoms with E-state index in [2.05, 4.69) is 15.8 Å². The summed E-state index contributed by atoms with van der Waals surface area (Å²) in [5.74, 6) is -0.605. The van der Waals surface area contributed by atoms with Gasteiger partial charge in [0.25, 0.3) is 5.91 Å². The van der Waals surface area contributed by atoms with Gasteiger partial charge in [-0.3, -0.25) is 10.1 Å². The van der Waals surface area contributed by atoms with Crippen LogP contribution >= 0.6 is 0 Å². The van der Waals surface area contributed by atoms with Crippen LogP contribution in [0, 0.1) is 27.7 Å². The smallest absolute Gasteiger partial charge is 0.342 e. The van der Waals surface area contributed by atoms with Crippen molar-refractivity contribution >= 4 is 23.6 Å². The molecule has 3 amide bonds. The molecule has 0 bridgehead atoms. The van der Waals surface area contributed by atoms with Gasteiger partial charge >= 0.3 is 12.0 Å². The largest absolute Gasteiger partial charge is 0.488 e. The van der Waals surface area contributed by atoms with E-state index in [0.29, 0.717) is 17.1 Å². The molecule has 3 aromatic rings. The fourth-order valence-electron chi connectivity index (χ4n) is 2.97. The first kappa shape index (κ1) is 23.5. The van der Waals surface area contributed by atoms with Crippen LogP contribution in [-0.2, 0) is 16.1 Å². The van der Waals surface area contributed by atoms with E-state index in [-0.39, 0.29) is 17.9 Å². The summed E-state index contributed by atoms with van der Waals surface area (Å²) in [5.41, 5.74) is 4.26. The van der Waals surface area contributed by atoms with Crippen molar-refractivity contribution < 1.29 is 28.4 Å². The summed E-state index contributed by atoms with van der Waals surface area (Å²) in [6.45, 7) is 6.97. The second-order valence-electron chi connectivity index (χ2n) is 7.47. The van der Waals surface area contributed by atoms with Gasteiger partial charge in [-0.15, -0.1) is 0 Å². The minimum absolute atomic E-state index is 0.150. The first-order valence-electron chi connectivity index (χ1n) is 10.2. The molecule has 0 spiro atoms. The maximum atomic E-state index is 12.5. The van der Waals surface area contributed by atoms with Crippen LogP contribution < -0.4 is 15.4 Å². The van der Waals surface area contributed by atoms with Crippen molar-refractivity contribution in [3.05, 3.63) is 76.2 Å². The van der Waals surface area contributed by atoms with E-state index in [4.69, 9.17) is 14.0 Å². The third kappa shape index (κ3) is 6.19. The third-order valence-corrected chi connectivity index (χ3v) is 5.01. The number of amides is 3. The third-order valence-electron chi connectivity index (χ3n) is 5.01. The number of hydrogen-bond donors (Lipinski definition) is 2. The van der Waals surface area contributed by atoms with Crippen LogP contribution in [0.4, 0.5) is 10.5 Å². The molecule has 3 rings (SSSR count). The van der Waals surface area contributed by atoms with Crippen LogP contribution in [0.3, 0.4) is 0 Å². The number of aromatic nitrogens is 1. The average Bonchev–Trinajstić information content (AvgIpc) is 3.10. The fourth-order valence-corrected chi connectivity index (χ4v) is 2.97. The molecule has 0 radical (unpaired) electrons. The second kappa shape index (κ2) is 10.4. The van der Waals surface area contributed by atoms with Crippen molar-refractivity contribution in [1.29, 1.82) is 0 Å². The number of esters is 1. The first-order chi connectivity index (χ1) is 15.7. The average molecular weight is 451 g/mol. The maximum Gasteiger partial charge on any atom is 0.342 e. The zero-order chi connectivity index (χ0) is 24.0. The Morgan fingerprint density at radius 3 is 2.45 bits per heavy atom. The fraction of sp³-hybridized carbons (Fsp3) is 0.250. The van der Waals surface area contributed by atoms with Gasteiger partial charge in [0, 0.05) is 5.69 Å². The predicted molar refractivity (Wildman–Crippen MR) is 120 cm³/mol. The number of carbonyl (C=O) groups excluding carboxylic acids is 3. The quantitative estimate of drug-likeness (QED) is 0.521. The van der Waals surface area contributed by atoms with Crippen molar-refractivity contribution in [3.8, 4) is 5.75 Å². The van der Waals surface area contributed by atoms with Crippen molar-refractivity contribution in [2.75, 3.05) is 11.9 Å². The summed E-state index contributed by atoms with van der Waals surface area (Å²) in [7, 11) is 0. The Bertz CT molecular complexity index is 1170. The summed E-state index contributed by atoms with van der Waals surface area (Å²) in [6.07, 6.45) is 0. The lowest BCUT2D eigenvalue weighted by Crippen LogP contribution is -2.37. The number of nitrogens with one attached hydrogen (secondary N) is 2. The van der Waals surface area contributed by atoms with Crippen LogP contribution in [-0.4, -0.2) is 29.7 Å². The molecule has 0 aliphatic carbocycles. The van der Waals surface area contributed by atoms with Crippen LogP contribution in [0.15, 0.2) is 47.0 Å². The normalized spacial score (nSPS) is 10.4. The van der Waals surface area contributed by atoms with Crippen molar-refractivity contribution in [2.45, 2.75) is 34.3 Å². The van der Waals surface area contributed by atoms with Gasteiger partial charge < -0.3 is 19.3 Å². The van der Waals surface area contributed by atoms with E-state index in [1.165, 1.54) is 6.07 Å². The minimum Gasteiger partial charge on any atom is -0.488 e. The van der Waals surface area contributed by atoms with Crippen LogP contribution in [0.1, 0.15) is 38.5 Å². The molecule has 0 unspecified atom stereocenters. The number of anilines is 1. The lowest BCUT2D eigenvalue weighted by Gasteiger charge is -2.11. The number of aryl methyl sites for hydroxylation is 4. The van der Waals surface area contributed by atoms with Gasteiger partial charge in [-0.2, -0.15) is 0 Å². The van der Waals surface area contributed by atoms with Gasteiger partial charge in [-0.25, -0.2) is 9.59 Å². The molecule has 0 fully saturated rings. The van der Waals surface area contributed by atoms with Gasteiger partial charge in [0.2, 0.25) is 0 Å². The highest BCUT2D eigenvalue weighted by Crippen LogP contribution is 2.22. The Kier molecular flexibility index (Phi) is 7.45. The Labute approximate surface area is 191 Å². The molecule has 0 aliphatic heterocycles. The molecule has 9 nitrogen and oxygen atoms in total. The summed E-state index contributed by atoms with van der Waals surface area (Å²) in [6, 6.07) is 11.2. The molecular weight excluding hydrogens is 426 g/mol. The number of nitrogens with zero attached hydrogens (tertiary/aromatic N) is 1. The Morgan fingerprint density at radius 1 is 1.00 bits per heavy atom. The number of ether oxygens (including phenoxy) is 2. The molecular formula is C24H25N3O6. The number of para-hydroxylation sites is 1. The van der Waals surface area contributed by atoms with E-state index in [1.54, 1.807) is 44.2 Å². The molecule has 9 heteroatoms. The monoisotopic (exact) mass is 451 g/mol. The van der Waals surface area contributed by atoms with Gasteiger partial charge in [-0.1, -0.05) is 23.4 Å². The first-order valence-corrected chi connectivity index (χ1v) is 10.2. The van der Waals surface area contributed by atoms with E-state index in [1.807, 2.05) is 19.9 Å². The molecule has 2 N–H and O–H groups in total. The van der Waals surface area contributed by atoms with Crippen molar-refractivity contribution in [3.63, 3.8) is 0 Å². The summed E-state index contributed by atoms with van der Waals surface area (Å²) in [5, 5.41) is 8.56. The Balaban J connectivity index is 1.53. The molecule has 0 saturated heterocycles. The van der Waals surface area contributed by atoms with Crippen molar-refractivity contribution in [2.24, 2.45) is 0 Å². The van der Waals surface area contributed by atoms with Crippen LogP contribution in [0.25, 0.3) is 0 Å². The van der Waals surface area contributed by atoms with Gasteiger partial charge in [0.1, 0.15) is 23.7 Å². The van der Waals surface area contributed by atoms with E-state index in [9.17, 15) is 14.4 Å². The van der Waals surface area contributed by atoms with E-state index >= 15 is 0 Å². The second-order valence-corrected chi connectivity index (χ2v) is 7.47. The molecule has 1 heterocycles. The Morgan fingerprint density at radius 2 is 1.76 bits per heavy atom. The van der Waals surface area contributed by atoms with Crippen molar-refractivity contribution in [1.82, 2.24) is 10.5 Å². The SMILES string of the molecule is Cc1ccc(NC(=O)NC(=O)COC(=O)c2ccccc2OCc2c(C)noc2C)cc1C. The standard InChI is InChI=1S/C24H25N3O6/c1-14-9-10-18(11-15(14)2)25-24(30)26-22(28)13-32-23(29)19-7-5-6-8-21(19)31-12-20-16(3)27-33-17(20)4/h5-11H,12-13H2,1-4H3,(H2,25,26,28,30). The zero-order valence-corrected chi connectivity index (χ0v) is 18.9. The Hall–Kier alpha value is -4.14.